The van der Waals surface area contributed by atoms with E-state index in [1.54, 1.807) is 24.1 Å². The Bertz CT molecular complexity index is 564. The minimum atomic E-state index is -1.07. The third kappa shape index (κ3) is 3.65. The fraction of sp³-hybridized carbons (Fsp3) is 0.429. The molecule has 1 aliphatic rings. The van der Waals surface area contributed by atoms with Gasteiger partial charge in [-0.3, -0.25) is 0 Å². The Morgan fingerprint density at radius 1 is 1.48 bits per heavy atom. The molecule has 1 fully saturated rings. The number of carboxylic acids is 1. The minimum Gasteiger partial charge on any atom is -0.478 e. The Balaban J connectivity index is 2.14. The third-order valence-electron chi connectivity index (χ3n) is 3.61. The van der Waals surface area contributed by atoms with Crippen LogP contribution in [-0.4, -0.2) is 47.8 Å². The summed E-state index contributed by atoms with van der Waals surface area (Å²) in [6.07, 6.45) is 0.764. The van der Waals surface area contributed by atoms with Gasteiger partial charge in [0.05, 0.1) is 23.4 Å². The lowest BCUT2D eigenvalue weighted by Crippen LogP contribution is -2.43. The first-order chi connectivity index (χ1) is 9.90. The Morgan fingerprint density at radius 3 is 2.76 bits per heavy atom. The molecular weight excluding hydrogens is 387 g/mol. The van der Waals surface area contributed by atoms with Crippen molar-refractivity contribution in [1.29, 1.82) is 0 Å². The smallest absolute Gasteiger partial charge is 0.337 e. The van der Waals surface area contributed by atoms with Gasteiger partial charge in [0.15, 0.2) is 0 Å². The van der Waals surface area contributed by atoms with Crippen molar-refractivity contribution in [1.82, 2.24) is 4.90 Å². The van der Waals surface area contributed by atoms with Crippen LogP contribution in [0.2, 0.25) is 0 Å². The Hall–Kier alpha value is -1.35. The van der Waals surface area contributed by atoms with E-state index in [1.807, 2.05) is 29.5 Å². The molecule has 0 saturated carbocycles. The molecule has 2 unspecified atom stereocenters. The van der Waals surface area contributed by atoms with E-state index in [0.29, 0.717) is 12.3 Å². The summed E-state index contributed by atoms with van der Waals surface area (Å²) in [5, 5.41) is 11.9. The van der Waals surface area contributed by atoms with Crippen molar-refractivity contribution in [3.8, 4) is 0 Å². The highest BCUT2D eigenvalue weighted by Gasteiger charge is 2.31. The third-order valence-corrected chi connectivity index (χ3v) is 4.28. The Morgan fingerprint density at radius 2 is 2.19 bits per heavy atom. The SMILES string of the molecule is CC1OCCC1N(C)C(=O)Nc1ccc(I)cc1C(=O)O. The van der Waals surface area contributed by atoms with Gasteiger partial charge in [0.1, 0.15) is 0 Å². The number of carboxylic acid groups (broad SMARTS) is 1. The van der Waals surface area contributed by atoms with Crippen LogP contribution >= 0.6 is 22.6 Å². The summed E-state index contributed by atoms with van der Waals surface area (Å²) in [5.74, 6) is -1.07. The number of hydrogen-bond acceptors (Lipinski definition) is 3. The number of nitrogens with zero attached hydrogens (tertiary/aromatic N) is 1. The number of hydrogen-bond donors (Lipinski definition) is 2. The summed E-state index contributed by atoms with van der Waals surface area (Å²) in [6.45, 7) is 2.56. The van der Waals surface area contributed by atoms with Crippen LogP contribution in [-0.2, 0) is 4.74 Å². The van der Waals surface area contributed by atoms with Gasteiger partial charge in [-0.05, 0) is 54.1 Å². The summed E-state index contributed by atoms with van der Waals surface area (Å²) < 4.78 is 6.25. The van der Waals surface area contributed by atoms with E-state index >= 15 is 0 Å². The number of likely N-dealkylation sites (N-methyl/N-ethyl adjacent to an activating group) is 1. The van der Waals surface area contributed by atoms with Crippen LogP contribution in [0.25, 0.3) is 0 Å². The van der Waals surface area contributed by atoms with Crippen LogP contribution in [0, 0.1) is 3.57 Å². The largest absolute Gasteiger partial charge is 0.478 e. The van der Waals surface area contributed by atoms with Crippen molar-refractivity contribution in [2.75, 3.05) is 19.0 Å². The highest BCUT2D eigenvalue weighted by Crippen LogP contribution is 2.22. The number of urea groups is 1. The molecular formula is C14H17IN2O4. The molecule has 2 amide bonds. The number of ether oxygens (including phenoxy) is 1. The maximum Gasteiger partial charge on any atom is 0.337 e. The molecule has 0 bridgehead atoms. The van der Waals surface area contributed by atoms with Gasteiger partial charge in [0, 0.05) is 17.2 Å². The first kappa shape index (κ1) is 16.0. The number of aromatic carboxylic acids is 1. The minimum absolute atomic E-state index is 0.00197. The zero-order chi connectivity index (χ0) is 15.6. The molecule has 21 heavy (non-hydrogen) atoms. The standard InChI is InChI=1S/C14H17IN2O4/c1-8-12(5-6-21-8)17(2)14(20)16-11-4-3-9(15)7-10(11)13(18)19/h3-4,7-8,12H,5-6H2,1-2H3,(H,16,20)(H,18,19). The number of halogens is 1. The zero-order valence-electron chi connectivity index (χ0n) is 11.8. The van der Waals surface area contributed by atoms with Crippen molar-refractivity contribution in [2.45, 2.75) is 25.5 Å². The van der Waals surface area contributed by atoms with E-state index in [-0.39, 0.29) is 23.7 Å². The van der Waals surface area contributed by atoms with Gasteiger partial charge in [-0.25, -0.2) is 9.59 Å². The molecule has 2 atom stereocenters. The first-order valence-corrected chi connectivity index (χ1v) is 7.66. The van der Waals surface area contributed by atoms with Gasteiger partial charge in [-0.2, -0.15) is 0 Å². The molecule has 0 aromatic heterocycles. The highest BCUT2D eigenvalue weighted by atomic mass is 127. The first-order valence-electron chi connectivity index (χ1n) is 6.58. The number of benzene rings is 1. The van der Waals surface area contributed by atoms with E-state index in [9.17, 15) is 14.7 Å². The number of rotatable bonds is 3. The van der Waals surface area contributed by atoms with E-state index < -0.39 is 5.97 Å². The Labute approximate surface area is 136 Å². The van der Waals surface area contributed by atoms with Crippen LogP contribution < -0.4 is 5.32 Å². The topological polar surface area (TPSA) is 78.9 Å². The van der Waals surface area contributed by atoms with Gasteiger partial charge in [-0.1, -0.05) is 0 Å². The molecule has 0 spiro atoms. The number of carbonyl (C=O) groups excluding carboxylic acids is 1. The maximum atomic E-state index is 12.3. The van der Waals surface area contributed by atoms with E-state index in [4.69, 9.17) is 4.74 Å². The van der Waals surface area contributed by atoms with Crippen LogP contribution in [0.3, 0.4) is 0 Å². The second-order valence-electron chi connectivity index (χ2n) is 4.97. The lowest BCUT2D eigenvalue weighted by atomic mass is 10.1. The second-order valence-corrected chi connectivity index (χ2v) is 6.21. The van der Waals surface area contributed by atoms with Crippen molar-refractivity contribution in [2.24, 2.45) is 0 Å². The quantitative estimate of drug-likeness (QED) is 0.760. The molecule has 2 rings (SSSR count). The van der Waals surface area contributed by atoms with Crippen molar-refractivity contribution in [3.05, 3.63) is 27.3 Å². The van der Waals surface area contributed by atoms with Gasteiger partial charge >= 0.3 is 12.0 Å². The lowest BCUT2D eigenvalue weighted by Gasteiger charge is -2.27. The summed E-state index contributed by atoms with van der Waals surface area (Å²) in [5.41, 5.74) is 0.380. The summed E-state index contributed by atoms with van der Waals surface area (Å²) in [6, 6.07) is 4.55. The summed E-state index contributed by atoms with van der Waals surface area (Å²) in [4.78, 5) is 25.1. The van der Waals surface area contributed by atoms with Crippen LogP contribution in [0.5, 0.6) is 0 Å². The number of carbonyl (C=O) groups is 2. The Kier molecular flexibility index (Phi) is 5.04. The van der Waals surface area contributed by atoms with Gasteiger partial charge in [0.2, 0.25) is 0 Å². The van der Waals surface area contributed by atoms with Crippen LogP contribution in [0.4, 0.5) is 10.5 Å². The highest BCUT2D eigenvalue weighted by molar-refractivity contribution is 14.1. The molecule has 1 aliphatic heterocycles. The second kappa shape index (κ2) is 6.61. The molecule has 114 valence electrons. The van der Waals surface area contributed by atoms with Gasteiger partial charge in [-0.15, -0.1) is 0 Å². The average molecular weight is 404 g/mol. The predicted molar refractivity (Wildman–Crippen MR) is 86.7 cm³/mol. The molecule has 1 aromatic carbocycles. The molecule has 7 heteroatoms. The van der Waals surface area contributed by atoms with E-state index in [0.717, 1.165) is 9.99 Å². The predicted octanol–water partition coefficient (Wildman–Crippen LogP) is 2.63. The van der Waals surface area contributed by atoms with Crippen molar-refractivity contribution in [3.63, 3.8) is 0 Å². The molecule has 0 radical (unpaired) electrons. The normalized spacial score (nSPS) is 21.1. The average Bonchev–Trinajstić information content (AvgIpc) is 2.85. The molecule has 1 saturated heterocycles. The summed E-state index contributed by atoms with van der Waals surface area (Å²) >= 11 is 2.03. The van der Waals surface area contributed by atoms with Gasteiger partial charge in [0.25, 0.3) is 0 Å². The summed E-state index contributed by atoms with van der Waals surface area (Å²) in [7, 11) is 1.69. The fourth-order valence-corrected chi connectivity index (χ4v) is 2.88. The van der Waals surface area contributed by atoms with Crippen LogP contribution in [0.15, 0.2) is 18.2 Å². The van der Waals surface area contributed by atoms with E-state index in [1.165, 1.54) is 6.07 Å². The number of nitrogens with one attached hydrogen (secondary N) is 1. The van der Waals surface area contributed by atoms with Crippen molar-refractivity contribution < 1.29 is 19.4 Å². The van der Waals surface area contributed by atoms with E-state index in [2.05, 4.69) is 5.32 Å². The lowest BCUT2D eigenvalue weighted by molar-refractivity contribution is 0.0698. The fourth-order valence-electron chi connectivity index (χ4n) is 2.39. The molecule has 0 aliphatic carbocycles. The molecule has 1 heterocycles. The number of anilines is 1. The molecule has 6 nitrogen and oxygen atoms in total. The zero-order valence-corrected chi connectivity index (χ0v) is 14.0. The van der Waals surface area contributed by atoms with Crippen molar-refractivity contribution >= 4 is 40.3 Å². The molecule has 2 N–H and O–H groups in total. The number of amides is 2. The maximum absolute atomic E-state index is 12.3. The monoisotopic (exact) mass is 404 g/mol. The molecule has 1 aromatic rings. The van der Waals surface area contributed by atoms with Crippen LogP contribution in [0.1, 0.15) is 23.7 Å². The van der Waals surface area contributed by atoms with Gasteiger partial charge < -0.3 is 20.1 Å².